The summed E-state index contributed by atoms with van der Waals surface area (Å²) in [4.78, 5) is 19.8. The predicted octanol–water partition coefficient (Wildman–Crippen LogP) is -0.537. The van der Waals surface area contributed by atoms with Crippen molar-refractivity contribution in [2.24, 2.45) is 15.4 Å². The summed E-state index contributed by atoms with van der Waals surface area (Å²) in [5.74, 6) is 0.635. The Labute approximate surface area is 101 Å². The summed E-state index contributed by atoms with van der Waals surface area (Å²) in [6, 6.07) is 0. The van der Waals surface area contributed by atoms with E-state index in [1.54, 1.807) is 7.05 Å². The third-order valence-electron chi connectivity index (χ3n) is 3.65. The van der Waals surface area contributed by atoms with Crippen molar-refractivity contribution in [3.8, 4) is 0 Å². The van der Waals surface area contributed by atoms with Gasteiger partial charge in [0.05, 0.1) is 13.1 Å². The number of carbonyl (C=O) groups excluding carboxylic acids is 1. The molecule has 0 bridgehead atoms. The molecule has 17 heavy (non-hydrogen) atoms. The molecule has 0 radical (unpaired) electrons. The first kappa shape index (κ1) is 12.0. The normalized spacial score (nSPS) is 24.2. The summed E-state index contributed by atoms with van der Waals surface area (Å²) in [7, 11) is 1.74. The number of aliphatic imine (C=N–C) groups is 2. The number of rotatable bonds is 2. The lowest BCUT2D eigenvalue weighted by atomic mass is 9.69. The van der Waals surface area contributed by atoms with Crippen molar-refractivity contribution in [2.45, 2.75) is 19.3 Å². The van der Waals surface area contributed by atoms with Crippen molar-refractivity contribution in [1.82, 2.24) is 5.32 Å². The molecule has 2 aliphatic rings. The number of hydrogen-bond acceptors (Lipinski definition) is 3. The van der Waals surface area contributed by atoms with Crippen LogP contribution in [0.5, 0.6) is 0 Å². The van der Waals surface area contributed by atoms with E-state index in [1.807, 2.05) is 6.21 Å². The highest BCUT2D eigenvalue weighted by atomic mass is 16.1. The quantitative estimate of drug-likeness (QED) is 0.620. The second-order valence-corrected chi connectivity index (χ2v) is 4.68. The van der Waals surface area contributed by atoms with E-state index in [1.165, 1.54) is 0 Å². The molecule has 0 saturated carbocycles. The Hall–Kier alpha value is -1.49. The van der Waals surface area contributed by atoms with Crippen LogP contribution in [0, 0.1) is 5.41 Å². The molecule has 2 rings (SSSR count). The number of allylic oxidation sites excluding steroid dienone is 1. The molecule has 92 valence electrons. The van der Waals surface area contributed by atoms with Crippen LogP contribution in [-0.2, 0) is 4.79 Å². The monoisotopic (exact) mass is 235 g/mol. The van der Waals surface area contributed by atoms with Gasteiger partial charge in [0.2, 0.25) is 5.91 Å². The summed E-state index contributed by atoms with van der Waals surface area (Å²) < 4.78 is 0. The molecule has 0 aromatic carbocycles. The lowest BCUT2D eigenvalue weighted by Gasteiger charge is -2.39. The number of nitrogens with one attached hydrogen (secondary N) is 1. The Balaban J connectivity index is 2.46. The molecular formula is C12H19N4O+. The van der Waals surface area contributed by atoms with Crippen molar-refractivity contribution in [3.05, 3.63) is 11.4 Å². The minimum Gasteiger partial charge on any atom is -0.346 e. The molecule has 1 amide bonds. The zero-order valence-electron chi connectivity index (χ0n) is 10.2. The molecule has 1 spiro atoms. The summed E-state index contributed by atoms with van der Waals surface area (Å²) in [6.45, 7) is 5.65. The second kappa shape index (κ2) is 4.79. The van der Waals surface area contributed by atoms with E-state index in [-0.39, 0.29) is 11.3 Å². The lowest BCUT2D eigenvalue weighted by Crippen LogP contribution is -2.87. The van der Waals surface area contributed by atoms with Gasteiger partial charge in [-0.25, -0.2) is 4.99 Å². The van der Waals surface area contributed by atoms with Crippen molar-refractivity contribution >= 4 is 18.8 Å². The Bertz CT molecular complexity index is 391. The Morgan fingerprint density at radius 2 is 2.18 bits per heavy atom. The second-order valence-electron chi connectivity index (χ2n) is 4.68. The summed E-state index contributed by atoms with van der Waals surface area (Å²) in [5.41, 5.74) is 0.968. The average Bonchev–Trinajstić information content (AvgIpc) is 2.33. The van der Waals surface area contributed by atoms with Crippen LogP contribution in [0.15, 0.2) is 21.4 Å². The van der Waals surface area contributed by atoms with Gasteiger partial charge in [0, 0.05) is 43.5 Å². The highest BCUT2D eigenvalue weighted by Gasteiger charge is 2.43. The maximum Gasteiger partial charge on any atom is 0.226 e. The zero-order valence-corrected chi connectivity index (χ0v) is 10.2. The highest BCUT2D eigenvalue weighted by Crippen LogP contribution is 2.41. The van der Waals surface area contributed by atoms with Crippen molar-refractivity contribution in [3.63, 3.8) is 0 Å². The van der Waals surface area contributed by atoms with Gasteiger partial charge in [0.25, 0.3) is 0 Å². The van der Waals surface area contributed by atoms with Crippen LogP contribution in [0.25, 0.3) is 0 Å². The van der Waals surface area contributed by atoms with E-state index in [2.05, 4.69) is 27.3 Å². The smallest absolute Gasteiger partial charge is 0.226 e. The molecule has 2 aliphatic heterocycles. The van der Waals surface area contributed by atoms with E-state index in [0.29, 0.717) is 12.2 Å². The van der Waals surface area contributed by atoms with Crippen LogP contribution in [0.4, 0.5) is 0 Å². The van der Waals surface area contributed by atoms with Crippen LogP contribution in [0.1, 0.15) is 19.3 Å². The fourth-order valence-corrected chi connectivity index (χ4v) is 2.82. The van der Waals surface area contributed by atoms with E-state index in [9.17, 15) is 4.79 Å². The molecule has 0 atom stereocenters. The molecular weight excluding hydrogens is 216 g/mol. The number of amides is 1. The first-order valence-corrected chi connectivity index (χ1v) is 5.97. The molecule has 5 heteroatoms. The Morgan fingerprint density at radius 3 is 2.76 bits per heavy atom. The van der Waals surface area contributed by atoms with E-state index < -0.39 is 0 Å². The van der Waals surface area contributed by atoms with Crippen LogP contribution in [0.3, 0.4) is 0 Å². The van der Waals surface area contributed by atoms with E-state index in [4.69, 9.17) is 0 Å². The third kappa shape index (κ3) is 2.15. The Kier molecular flexibility index (Phi) is 3.38. The van der Waals surface area contributed by atoms with Gasteiger partial charge in [-0.1, -0.05) is 0 Å². The summed E-state index contributed by atoms with van der Waals surface area (Å²) in [5, 5.41) is 5.07. The number of quaternary nitrogens is 1. The van der Waals surface area contributed by atoms with Crippen molar-refractivity contribution in [1.29, 1.82) is 0 Å². The maximum atomic E-state index is 11.8. The predicted molar refractivity (Wildman–Crippen MR) is 67.1 cm³/mol. The van der Waals surface area contributed by atoms with Crippen LogP contribution < -0.4 is 10.6 Å². The van der Waals surface area contributed by atoms with Gasteiger partial charge >= 0.3 is 0 Å². The van der Waals surface area contributed by atoms with Crippen LogP contribution in [0.2, 0.25) is 0 Å². The molecule has 1 saturated heterocycles. The first-order valence-electron chi connectivity index (χ1n) is 5.97. The molecule has 2 heterocycles. The van der Waals surface area contributed by atoms with Crippen LogP contribution in [-0.4, -0.2) is 39.0 Å². The Morgan fingerprint density at radius 1 is 1.47 bits per heavy atom. The zero-order chi connectivity index (χ0) is 12.3. The average molecular weight is 235 g/mol. The molecule has 5 nitrogen and oxygen atoms in total. The number of nitrogens with zero attached hydrogens (tertiary/aromatic N) is 2. The van der Waals surface area contributed by atoms with Crippen LogP contribution >= 0.6 is 0 Å². The first-order chi connectivity index (χ1) is 8.22. The summed E-state index contributed by atoms with van der Waals surface area (Å²) >= 11 is 0. The maximum absolute atomic E-state index is 11.8. The molecule has 0 aliphatic carbocycles. The molecule has 0 unspecified atom stereocenters. The lowest BCUT2D eigenvalue weighted by molar-refractivity contribution is -0.667. The number of carbonyl (C=O) groups is 1. The molecule has 1 fully saturated rings. The SMILES string of the molecule is C=NC1=C(C=NC)C2(CC[NH2+]CC2)CC(=O)N1. The van der Waals surface area contributed by atoms with Crippen molar-refractivity contribution in [2.75, 3.05) is 20.1 Å². The minimum atomic E-state index is -0.0763. The molecule has 3 N–H and O–H groups in total. The van der Waals surface area contributed by atoms with Gasteiger partial charge in [0.15, 0.2) is 0 Å². The minimum absolute atomic E-state index is 0.0440. The van der Waals surface area contributed by atoms with Gasteiger partial charge in [-0.15, -0.1) is 0 Å². The fraction of sp³-hybridized carbons (Fsp3) is 0.583. The number of piperidine rings is 1. The fourth-order valence-electron chi connectivity index (χ4n) is 2.82. The molecule has 0 aromatic heterocycles. The largest absolute Gasteiger partial charge is 0.346 e. The van der Waals surface area contributed by atoms with Crippen molar-refractivity contribution < 1.29 is 10.1 Å². The van der Waals surface area contributed by atoms with E-state index >= 15 is 0 Å². The van der Waals surface area contributed by atoms with Gasteiger partial charge in [-0.05, 0) is 6.72 Å². The van der Waals surface area contributed by atoms with E-state index in [0.717, 1.165) is 31.5 Å². The topological polar surface area (TPSA) is 70.4 Å². The number of nitrogens with two attached hydrogens (primary N) is 1. The third-order valence-corrected chi connectivity index (χ3v) is 3.65. The summed E-state index contributed by atoms with van der Waals surface area (Å²) in [6.07, 6.45) is 4.37. The standard InChI is InChI=1S/C12H18N4O/c1-13-8-9-11(14-2)16-10(17)7-12(9)3-5-15-6-4-12/h8,15H,2-7H2,1H3,(H,16,17)/p+1. The van der Waals surface area contributed by atoms with Gasteiger partial charge in [-0.2, -0.15) is 0 Å². The highest BCUT2D eigenvalue weighted by molar-refractivity contribution is 5.90. The number of hydrogen-bond donors (Lipinski definition) is 2. The van der Waals surface area contributed by atoms with Gasteiger partial charge in [0.1, 0.15) is 5.82 Å². The van der Waals surface area contributed by atoms with Gasteiger partial charge in [-0.3, -0.25) is 9.79 Å². The molecule has 0 aromatic rings. The van der Waals surface area contributed by atoms with Gasteiger partial charge < -0.3 is 10.6 Å².